The molecule has 0 aromatic heterocycles. The number of aryl methyl sites for hydroxylation is 1. The van der Waals surface area contributed by atoms with Gasteiger partial charge in [-0.3, -0.25) is 14.9 Å². The molecular weight excluding hydrogens is 425 g/mol. The predicted molar refractivity (Wildman–Crippen MR) is 128 cm³/mol. The number of benzene rings is 2. The predicted octanol–water partition coefficient (Wildman–Crippen LogP) is 6.48. The molecule has 1 heterocycles. The van der Waals surface area contributed by atoms with Gasteiger partial charge in [0.1, 0.15) is 0 Å². The fourth-order valence-corrected chi connectivity index (χ4v) is 5.40. The molecule has 1 aliphatic carbocycles. The second-order valence-electron chi connectivity index (χ2n) is 9.88. The summed E-state index contributed by atoms with van der Waals surface area (Å²) < 4.78 is 20.3. The standard InChI is InChI=1S/C26H28FNO3S/c1-14-11-17-18(26(4,5)10-9-25(17,2)3)13-16(14)21-15(7-8-19(27)22(21)31-6)12-20-23(29)28-24(30)32-20/h7-8,11-13H,9-10H2,1-6H3,(H,28,29,30)/b20-12+. The Kier molecular flexibility index (Phi) is 5.48. The van der Waals surface area contributed by atoms with Crippen LogP contribution in [0.3, 0.4) is 0 Å². The average Bonchev–Trinajstić information content (AvgIpc) is 3.03. The van der Waals surface area contributed by atoms with Crippen LogP contribution in [0.4, 0.5) is 9.18 Å². The first kappa shape index (κ1) is 22.6. The third-order valence-corrected chi connectivity index (χ3v) is 7.55. The van der Waals surface area contributed by atoms with Gasteiger partial charge in [-0.1, -0.05) is 39.8 Å². The number of amides is 2. The van der Waals surface area contributed by atoms with Crippen molar-refractivity contribution in [2.24, 2.45) is 0 Å². The van der Waals surface area contributed by atoms with Crippen molar-refractivity contribution in [1.82, 2.24) is 5.32 Å². The highest BCUT2D eigenvalue weighted by Gasteiger charge is 2.38. The SMILES string of the molecule is COc1c(F)ccc(/C=C2/SC(=O)NC2=O)c1-c1cc2c(cc1C)C(C)(C)CCC2(C)C. The van der Waals surface area contributed by atoms with Gasteiger partial charge < -0.3 is 4.74 Å². The van der Waals surface area contributed by atoms with Crippen LogP contribution in [0.2, 0.25) is 0 Å². The monoisotopic (exact) mass is 453 g/mol. The van der Waals surface area contributed by atoms with Crippen LogP contribution >= 0.6 is 11.8 Å². The molecule has 4 nitrogen and oxygen atoms in total. The van der Waals surface area contributed by atoms with E-state index < -0.39 is 17.0 Å². The van der Waals surface area contributed by atoms with Crippen LogP contribution in [0, 0.1) is 12.7 Å². The highest BCUT2D eigenvalue weighted by Crippen LogP contribution is 2.49. The highest BCUT2D eigenvalue weighted by atomic mass is 32.2. The normalized spacial score (nSPS) is 20.3. The third kappa shape index (κ3) is 3.75. The van der Waals surface area contributed by atoms with Gasteiger partial charge in [0.25, 0.3) is 11.1 Å². The molecule has 2 aromatic carbocycles. The van der Waals surface area contributed by atoms with Crippen LogP contribution in [0.25, 0.3) is 17.2 Å². The first-order chi connectivity index (χ1) is 14.9. The van der Waals surface area contributed by atoms with Crippen LogP contribution in [0.5, 0.6) is 5.75 Å². The van der Waals surface area contributed by atoms with Crippen molar-refractivity contribution in [1.29, 1.82) is 0 Å². The molecule has 0 atom stereocenters. The van der Waals surface area contributed by atoms with Crippen molar-refractivity contribution in [3.05, 3.63) is 57.2 Å². The first-order valence-corrected chi connectivity index (χ1v) is 11.5. The number of nitrogens with one attached hydrogen (secondary N) is 1. The molecule has 0 unspecified atom stereocenters. The Balaban J connectivity index is 2.00. The van der Waals surface area contributed by atoms with E-state index in [-0.39, 0.29) is 21.5 Å². The zero-order valence-corrected chi connectivity index (χ0v) is 20.1. The molecule has 0 spiro atoms. The molecule has 0 bridgehead atoms. The number of ether oxygens (including phenoxy) is 1. The van der Waals surface area contributed by atoms with Gasteiger partial charge in [0, 0.05) is 5.56 Å². The van der Waals surface area contributed by atoms with Gasteiger partial charge in [-0.2, -0.15) is 0 Å². The topological polar surface area (TPSA) is 55.4 Å². The van der Waals surface area contributed by atoms with Crippen molar-refractivity contribution < 1.29 is 18.7 Å². The summed E-state index contributed by atoms with van der Waals surface area (Å²) in [5, 5.41) is 1.86. The van der Waals surface area contributed by atoms with Crippen LogP contribution in [-0.2, 0) is 15.6 Å². The summed E-state index contributed by atoms with van der Waals surface area (Å²) in [6.45, 7) is 11.1. The zero-order chi connectivity index (χ0) is 23.4. The van der Waals surface area contributed by atoms with E-state index in [1.807, 2.05) is 6.92 Å². The van der Waals surface area contributed by atoms with E-state index in [2.05, 4.69) is 45.1 Å². The fraction of sp³-hybridized carbons (Fsp3) is 0.385. The maximum absolute atomic E-state index is 14.8. The van der Waals surface area contributed by atoms with Crippen LogP contribution in [0.1, 0.15) is 62.8 Å². The molecule has 1 aliphatic heterocycles. The van der Waals surface area contributed by atoms with Gasteiger partial charge in [0.15, 0.2) is 11.6 Å². The van der Waals surface area contributed by atoms with Crippen molar-refractivity contribution in [2.75, 3.05) is 7.11 Å². The molecule has 2 aromatic rings. The second kappa shape index (κ2) is 7.77. The lowest BCUT2D eigenvalue weighted by atomic mass is 9.62. The number of rotatable bonds is 3. The number of carbonyl (C=O) groups is 2. The van der Waals surface area contributed by atoms with Gasteiger partial charge in [-0.05, 0) is 88.4 Å². The van der Waals surface area contributed by atoms with Gasteiger partial charge in [-0.25, -0.2) is 4.39 Å². The van der Waals surface area contributed by atoms with E-state index in [0.29, 0.717) is 11.1 Å². The lowest BCUT2D eigenvalue weighted by Crippen LogP contribution is -2.34. The number of thioether (sulfide) groups is 1. The molecule has 0 radical (unpaired) electrons. The van der Waals surface area contributed by atoms with E-state index in [9.17, 15) is 14.0 Å². The van der Waals surface area contributed by atoms with E-state index in [1.54, 1.807) is 12.1 Å². The summed E-state index contributed by atoms with van der Waals surface area (Å²) in [5.41, 5.74) is 5.72. The Morgan fingerprint density at radius 3 is 2.25 bits per heavy atom. The molecule has 32 heavy (non-hydrogen) atoms. The smallest absolute Gasteiger partial charge is 0.290 e. The van der Waals surface area contributed by atoms with Gasteiger partial charge in [0.05, 0.1) is 12.0 Å². The largest absolute Gasteiger partial charge is 0.493 e. The number of hydrogen-bond acceptors (Lipinski definition) is 4. The lowest BCUT2D eigenvalue weighted by molar-refractivity contribution is -0.115. The maximum Gasteiger partial charge on any atom is 0.290 e. The van der Waals surface area contributed by atoms with E-state index in [4.69, 9.17) is 4.74 Å². The fourth-order valence-electron chi connectivity index (χ4n) is 4.72. The Bertz CT molecular complexity index is 1180. The van der Waals surface area contributed by atoms with Gasteiger partial charge >= 0.3 is 0 Å². The highest BCUT2D eigenvalue weighted by molar-refractivity contribution is 8.18. The van der Waals surface area contributed by atoms with Crippen LogP contribution in [-0.4, -0.2) is 18.3 Å². The van der Waals surface area contributed by atoms with E-state index in [1.165, 1.54) is 24.3 Å². The zero-order valence-electron chi connectivity index (χ0n) is 19.3. The molecule has 2 amide bonds. The number of imide groups is 1. The molecular formula is C26H28FNO3S. The molecule has 2 aliphatic rings. The molecule has 1 fully saturated rings. The summed E-state index contributed by atoms with van der Waals surface area (Å²) in [7, 11) is 1.44. The summed E-state index contributed by atoms with van der Waals surface area (Å²) in [4.78, 5) is 24.1. The summed E-state index contributed by atoms with van der Waals surface area (Å²) in [6.07, 6.45) is 3.80. The minimum absolute atomic E-state index is 0.0138. The van der Waals surface area contributed by atoms with Crippen LogP contribution in [0.15, 0.2) is 29.2 Å². The molecule has 1 N–H and O–H groups in total. The minimum atomic E-state index is -0.471. The summed E-state index contributed by atoms with van der Waals surface area (Å²) in [5.74, 6) is -0.787. The van der Waals surface area contributed by atoms with Crippen LogP contribution < -0.4 is 10.1 Å². The Morgan fingerprint density at radius 1 is 1.06 bits per heavy atom. The van der Waals surface area contributed by atoms with E-state index >= 15 is 0 Å². The maximum atomic E-state index is 14.8. The Hall–Kier alpha value is -2.60. The number of halogens is 1. The molecule has 0 saturated carbocycles. The quantitative estimate of drug-likeness (QED) is 0.540. The third-order valence-electron chi connectivity index (χ3n) is 6.74. The Labute approximate surface area is 192 Å². The number of methoxy groups -OCH3 is 1. The molecule has 1 saturated heterocycles. The molecule has 6 heteroatoms. The molecule has 168 valence electrons. The van der Waals surface area contributed by atoms with Gasteiger partial charge in [0.2, 0.25) is 0 Å². The van der Waals surface area contributed by atoms with Gasteiger partial charge in [-0.15, -0.1) is 0 Å². The summed E-state index contributed by atoms with van der Waals surface area (Å²) in [6, 6.07) is 7.34. The summed E-state index contributed by atoms with van der Waals surface area (Å²) >= 11 is 0.844. The number of hydrogen-bond donors (Lipinski definition) is 1. The Morgan fingerprint density at radius 2 is 1.69 bits per heavy atom. The van der Waals surface area contributed by atoms with Crippen molar-refractivity contribution in [3.63, 3.8) is 0 Å². The first-order valence-electron chi connectivity index (χ1n) is 10.7. The number of carbonyl (C=O) groups excluding carboxylic acids is 2. The van der Waals surface area contributed by atoms with E-state index in [0.717, 1.165) is 35.7 Å². The molecule has 4 rings (SSSR count). The second-order valence-corrected chi connectivity index (χ2v) is 10.9. The lowest BCUT2D eigenvalue weighted by Gasteiger charge is -2.42. The van der Waals surface area contributed by atoms with Crippen molar-refractivity contribution in [2.45, 2.75) is 58.3 Å². The number of fused-ring (bicyclic) bond motifs is 1. The average molecular weight is 454 g/mol. The minimum Gasteiger partial charge on any atom is -0.493 e. The van der Waals surface area contributed by atoms with Crippen molar-refractivity contribution >= 4 is 29.0 Å². The van der Waals surface area contributed by atoms with Crippen molar-refractivity contribution in [3.8, 4) is 16.9 Å².